The maximum atomic E-state index is 12.6. The van der Waals surface area contributed by atoms with Crippen LogP contribution >= 0.6 is 15.9 Å². The Hall–Kier alpha value is -1.12. The first kappa shape index (κ1) is 16.3. The molecule has 0 atom stereocenters. The second-order valence-corrected chi connectivity index (χ2v) is 7.53. The number of carbonyl (C=O) groups is 1. The topological polar surface area (TPSA) is 83.9 Å². The highest BCUT2D eigenvalue weighted by Crippen LogP contribution is 2.34. The van der Waals surface area contributed by atoms with E-state index in [9.17, 15) is 13.2 Å². The number of hydrogen-bond donors (Lipinski definition) is 1. The third-order valence-electron chi connectivity index (χ3n) is 3.23. The summed E-state index contributed by atoms with van der Waals surface area (Å²) in [5, 5.41) is 8.77. The van der Waals surface area contributed by atoms with Crippen molar-refractivity contribution in [2.45, 2.75) is 30.2 Å². The Balaban J connectivity index is 2.29. The normalized spacial score (nSPS) is 15.2. The Morgan fingerprint density at radius 3 is 2.62 bits per heavy atom. The van der Waals surface area contributed by atoms with Gasteiger partial charge in [0.05, 0.1) is 22.9 Å². The molecular weight excluding hydrogens is 362 g/mol. The molecule has 2 rings (SSSR count). The van der Waals surface area contributed by atoms with Gasteiger partial charge in [-0.25, -0.2) is 8.42 Å². The maximum absolute atomic E-state index is 12.6. The van der Waals surface area contributed by atoms with Crippen molar-refractivity contribution in [2.24, 2.45) is 0 Å². The van der Waals surface area contributed by atoms with E-state index in [1.165, 1.54) is 23.5 Å². The maximum Gasteiger partial charge on any atom is 0.304 e. The predicted molar refractivity (Wildman–Crippen MR) is 79.9 cm³/mol. The number of rotatable bonds is 7. The molecule has 0 saturated heterocycles. The molecule has 0 spiro atoms. The number of carboxylic acid groups (broad SMARTS) is 1. The van der Waals surface area contributed by atoms with Gasteiger partial charge in [0.1, 0.15) is 5.75 Å². The standard InChI is InChI=1S/C13H16BrNO5S/c1-20-12-5-4-10(8-11(12)14)21(18,19)15(9-2-3-9)7-6-13(16)17/h4-5,8-9H,2-3,6-7H2,1H3,(H,16,17). The zero-order chi connectivity index (χ0) is 15.6. The van der Waals surface area contributed by atoms with Gasteiger partial charge in [-0.2, -0.15) is 4.31 Å². The first-order valence-electron chi connectivity index (χ1n) is 6.43. The minimum Gasteiger partial charge on any atom is -0.496 e. The van der Waals surface area contributed by atoms with Crippen molar-refractivity contribution >= 4 is 31.9 Å². The number of halogens is 1. The zero-order valence-electron chi connectivity index (χ0n) is 11.5. The summed E-state index contributed by atoms with van der Waals surface area (Å²) in [7, 11) is -2.20. The molecule has 0 aliphatic heterocycles. The predicted octanol–water partition coefficient (Wildman–Crippen LogP) is 2.09. The van der Waals surface area contributed by atoms with Crippen LogP contribution in [0, 0.1) is 0 Å². The largest absolute Gasteiger partial charge is 0.496 e. The van der Waals surface area contributed by atoms with E-state index in [4.69, 9.17) is 9.84 Å². The van der Waals surface area contributed by atoms with Gasteiger partial charge in [-0.1, -0.05) is 0 Å². The van der Waals surface area contributed by atoms with Gasteiger partial charge >= 0.3 is 5.97 Å². The SMILES string of the molecule is COc1ccc(S(=O)(=O)N(CCC(=O)O)C2CC2)cc1Br. The lowest BCUT2D eigenvalue weighted by Gasteiger charge is -2.21. The number of sulfonamides is 1. The fourth-order valence-electron chi connectivity index (χ4n) is 2.01. The molecule has 1 saturated carbocycles. The number of methoxy groups -OCH3 is 1. The Bertz CT molecular complexity index is 642. The van der Waals surface area contributed by atoms with E-state index >= 15 is 0 Å². The summed E-state index contributed by atoms with van der Waals surface area (Å²) in [5.41, 5.74) is 0. The van der Waals surface area contributed by atoms with Gasteiger partial charge in [-0.05, 0) is 47.0 Å². The average molecular weight is 378 g/mol. The van der Waals surface area contributed by atoms with Gasteiger partial charge in [0, 0.05) is 12.6 Å². The van der Waals surface area contributed by atoms with Gasteiger partial charge in [0.15, 0.2) is 0 Å². The molecule has 0 radical (unpaired) electrons. The number of hydrogen-bond acceptors (Lipinski definition) is 4. The van der Waals surface area contributed by atoms with E-state index in [1.807, 2.05) is 0 Å². The van der Waals surface area contributed by atoms with Crippen molar-refractivity contribution in [1.82, 2.24) is 4.31 Å². The molecule has 0 unspecified atom stereocenters. The fourth-order valence-corrected chi connectivity index (χ4v) is 4.42. The van der Waals surface area contributed by atoms with E-state index in [2.05, 4.69) is 15.9 Å². The molecule has 1 aliphatic carbocycles. The van der Waals surface area contributed by atoms with E-state index in [0.29, 0.717) is 10.2 Å². The molecule has 1 N–H and O–H groups in total. The molecule has 0 amide bonds. The summed E-state index contributed by atoms with van der Waals surface area (Å²) in [4.78, 5) is 10.8. The van der Waals surface area contributed by atoms with Crippen molar-refractivity contribution in [3.05, 3.63) is 22.7 Å². The van der Waals surface area contributed by atoms with Gasteiger partial charge in [0.25, 0.3) is 0 Å². The molecule has 0 heterocycles. The van der Waals surface area contributed by atoms with Crippen molar-refractivity contribution in [1.29, 1.82) is 0 Å². The summed E-state index contributed by atoms with van der Waals surface area (Å²) < 4.78 is 32.2. The van der Waals surface area contributed by atoms with Crippen LogP contribution in [0.2, 0.25) is 0 Å². The lowest BCUT2D eigenvalue weighted by Crippen LogP contribution is -2.35. The van der Waals surface area contributed by atoms with Crippen LogP contribution in [0.1, 0.15) is 19.3 Å². The van der Waals surface area contributed by atoms with Crippen LogP contribution in [0.3, 0.4) is 0 Å². The van der Waals surface area contributed by atoms with Crippen molar-refractivity contribution in [3.8, 4) is 5.75 Å². The van der Waals surface area contributed by atoms with E-state index in [0.717, 1.165) is 12.8 Å². The van der Waals surface area contributed by atoms with Gasteiger partial charge in [-0.15, -0.1) is 0 Å². The van der Waals surface area contributed by atoms with Gasteiger partial charge in [-0.3, -0.25) is 4.79 Å². The lowest BCUT2D eigenvalue weighted by molar-refractivity contribution is -0.137. The fraction of sp³-hybridized carbons (Fsp3) is 0.462. The molecule has 1 aliphatic rings. The Morgan fingerprint density at radius 1 is 1.48 bits per heavy atom. The highest BCUT2D eigenvalue weighted by Gasteiger charge is 2.38. The Morgan fingerprint density at radius 2 is 2.14 bits per heavy atom. The minimum atomic E-state index is -3.70. The van der Waals surface area contributed by atoms with Crippen LogP contribution in [0.15, 0.2) is 27.6 Å². The minimum absolute atomic E-state index is 0.00795. The quantitative estimate of drug-likeness (QED) is 0.786. The van der Waals surface area contributed by atoms with E-state index in [-0.39, 0.29) is 23.9 Å². The Kier molecular flexibility index (Phi) is 4.90. The van der Waals surface area contributed by atoms with Crippen molar-refractivity contribution in [3.63, 3.8) is 0 Å². The Labute approximate surface area is 131 Å². The summed E-state index contributed by atoms with van der Waals surface area (Å²) in [6.07, 6.45) is 1.35. The monoisotopic (exact) mass is 377 g/mol. The highest BCUT2D eigenvalue weighted by atomic mass is 79.9. The van der Waals surface area contributed by atoms with Crippen LogP contribution in [0.5, 0.6) is 5.75 Å². The van der Waals surface area contributed by atoms with E-state index in [1.54, 1.807) is 6.07 Å². The molecule has 8 heteroatoms. The van der Waals surface area contributed by atoms with Crippen LogP contribution in [0.25, 0.3) is 0 Å². The van der Waals surface area contributed by atoms with Gasteiger partial charge in [0.2, 0.25) is 10.0 Å². The molecule has 6 nitrogen and oxygen atoms in total. The molecule has 1 aromatic rings. The zero-order valence-corrected chi connectivity index (χ0v) is 13.9. The summed E-state index contributed by atoms with van der Waals surface area (Å²) in [6, 6.07) is 4.42. The number of aliphatic carboxylic acids is 1. The molecule has 21 heavy (non-hydrogen) atoms. The smallest absolute Gasteiger partial charge is 0.304 e. The summed E-state index contributed by atoms with van der Waals surface area (Å²) in [5.74, 6) is -0.468. The average Bonchev–Trinajstić information content (AvgIpc) is 3.22. The van der Waals surface area contributed by atoms with Crippen molar-refractivity contribution in [2.75, 3.05) is 13.7 Å². The van der Waals surface area contributed by atoms with E-state index < -0.39 is 16.0 Å². The summed E-state index contributed by atoms with van der Waals surface area (Å²) >= 11 is 3.26. The number of carboxylic acids is 1. The van der Waals surface area contributed by atoms with Crippen LogP contribution < -0.4 is 4.74 Å². The molecule has 0 bridgehead atoms. The molecule has 1 fully saturated rings. The number of ether oxygens (including phenoxy) is 1. The first-order valence-corrected chi connectivity index (χ1v) is 8.66. The second kappa shape index (κ2) is 6.33. The highest BCUT2D eigenvalue weighted by molar-refractivity contribution is 9.10. The molecule has 116 valence electrons. The third-order valence-corrected chi connectivity index (χ3v) is 5.80. The molecular formula is C13H16BrNO5S. The molecule has 1 aromatic carbocycles. The van der Waals surface area contributed by atoms with Crippen LogP contribution in [-0.2, 0) is 14.8 Å². The second-order valence-electron chi connectivity index (χ2n) is 4.79. The van der Waals surface area contributed by atoms with Gasteiger partial charge < -0.3 is 9.84 Å². The lowest BCUT2D eigenvalue weighted by atomic mass is 10.3. The number of benzene rings is 1. The first-order chi connectivity index (χ1) is 9.86. The summed E-state index contributed by atoms with van der Waals surface area (Å²) in [6.45, 7) is -0.00795. The number of nitrogens with zero attached hydrogens (tertiary/aromatic N) is 1. The van der Waals surface area contributed by atoms with Crippen molar-refractivity contribution < 1.29 is 23.1 Å². The molecule has 0 aromatic heterocycles. The third kappa shape index (κ3) is 3.75. The van der Waals surface area contributed by atoms with Crippen LogP contribution in [-0.4, -0.2) is 43.5 Å². The van der Waals surface area contributed by atoms with Crippen LogP contribution in [0.4, 0.5) is 0 Å².